The summed E-state index contributed by atoms with van der Waals surface area (Å²) in [5, 5.41) is 10.3. The standard InChI is InChI=1S/C17H20N6O2/c1-10-16(11(2)22-21-10)20-15(24)9-23(3)8-14-18-13-7-5-4-6-12(13)17(25)19-14/h4-7H,8-9H2,1-3H3,(H,20,24)(H,21,22)(H,18,19,25). The number of amides is 1. The molecule has 0 radical (unpaired) electrons. The zero-order valence-corrected chi connectivity index (χ0v) is 14.4. The molecule has 25 heavy (non-hydrogen) atoms. The van der Waals surface area contributed by atoms with Gasteiger partial charge in [0.05, 0.1) is 41.1 Å². The molecule has 0 unspecified atom stereocenters. The minimum Gasteiger partial charge on any atom is -0.322 e. The predicted octanol–water partition coefficient (Wildman–Crippen LogP) is 1.33. The van der Waals surface area contributed by atoms with Crippen molar-refractivity contribution in [2.75, 3.05) is 18.9 Å². The van der Waals surface area contributed by atoms with Gasteiger partial charge in [-0.05, 0) is 33.0 Å². The molecule has 2 aromatic heterocycles. The number of rotatable bonds is 5. The molecule has 3 rings (SSSR count). The number of aryl methyl sites for hydroxylation is 2. The normalized spacial score (nSPS) is 11.2. The number of carbonyl (C=O) groups is 1. The van der Waals surface area contributed by atoms with Crippen molar-refractivity contribution in [3.05, 3.63) is 51.8 Å². The fourth-order valence-corrected chi connectivity index (χ4v) is 2.68. The van der Waals surface area contributed by atoms with E-state index < -0.39 is 0 Å². The predicted molar refractivity (Wildman–Crippen MR) is 95.4 cm³/mol. The molecule has 2 heterocycles. The van der Waals surface area contributed by atoms with E-state index in [9.17, 15) is 9.59 Å². The van der Waals surface area contributed by atoms with E-state index in [-0.39, 0.29) is 18.0 Å². The zero-order chi connectivity index (χ0) is 18.0. The van der Waals surface area contributed by atoms with Gasteiger partial charge in [0.15, 0.2) is 0 Å². The molecule has 0 saturated carbocycles. The summed E-state index contributed by atoms with van der Waals surface area (Å²) in [5.74, 6) is 0.368. The molecule has 0 aliphatic carbocycles. The number of nitrogens with zero attached hydrogens (tertiary/aromatic N) is 3. The summed E-state index contributed by atoms with van der Waals surface area (Å²) in [6.45, 7) is 4.20. The maximum absolute atomic E-state index is 12.2. The summed E-state index contributed by atoms with van der Waals surface area (Å²) in [4.78, 5) is 33.3. The molecule has 1 aromatic carbocycles. The highest BCUT2D eigenvalue weighted by molar-refractivity contribution is 5.93. The fourth-order valence-electron chi connectivity index (χ4n) is 2.68. The first kappa shape index (κ1) is 16.8. The lowest BCUT2D eigenvalue weighted by atomic mass is 10.2. The number of aromatic amines is 2. The molecule has 130 valence electrons. The summed E-state index contributed by atoms with van der Waals surface area (Å²) in [7, 11) is 1.80. The van der Waals surface area contributed by atoms with Crippen LogP contribution in [0.4, 0.5) is 5.69 Å². The van der Waals surface area contributed by atoms with Gasteiger partial charge in [-0.2, -0.15) is 5.10 Å². The molecule has 0 saturated heterocycles. The third kappa shape index (κ3) is 3.74. The number of likely N-dealkylation sites (N-methyl/N-ethyl adjacent to an activating group) is 1. The third-order valence-electron chi connectivity index (χ3n) is 3.89. The van der Waals surface area contributed by atoms with Gasteiger partial charge in [0.25, 0.3) is 5.56 Å². The van der Waals surface area contributed by atoms with E-state index in [1.807, 2.05) is 19.9 Å². The number of carbonyl (C=O) groups excluding carboxylic acids is 1. The molecule has 3 aromatic rings. The Labute approximate surface area is 144 Å². The van der Waals surface area contributed by atoms with Crippen LogP contribution < -0.4 is 10.9 Å². The van der Waals surface area contributed by atoms with Crippen molar-refractivity contribution in [3.8, 4) is 0 Å². The molecule has 8 nitrogen and oxygen atoms in total. The Morgan fingerprint density at radius 3 is 2.76 bits per heavy atom. The number of fused-ring (bicyclic) bond motifs is 1. The number of benzene rings is 1. The molecule has 0 spiro atoms. The fraction of sp³-hybridized carbons (Fsp3) is 0.294. The van der Waals surface area contributed by atoms with E-state index in [0.717, 1.165) is 11.4 Å². The molecule has 0 atom stereocenters. The van der Waals surface area contributed by atoms with Crippen LogP contribution in [0.15, 0.2) is 29.1 Å². The van der Waals surface area contributed by atoms with E-state index in [4.69, 9.17) is 0 Å². The van der Waals surface area contributed by atoms with Crippen molar-refractivity contribution in [2.24, 2.45) is 0 Å². The highest BCUT2D eigenvalue weighted by Gasteiger charge is 2.13. The van der Waals surface area contributed by atoms with Crippen LogP contribution in [0.5, 0.6) is 0 Å². The topological polar surface area (TPSA) is 107 Å². The summed E-state index contributed by atoms with van der Waals surface area (Å²) in [6, 6.07) is 7.17. The molecule has 0 aliphatic rings. The molecular formula is C17H20N6O2. The molecule has 3 N–H and O–H groups in total. The minimum atomic E-state index is -0.178. The second-order valence-corrected chi connectivity index (χ2v) is 6.06. The Bertz CT molecular complexity index is 955. The Kier molecular flexibility index (Phi) is 4.62. The first-order valence-electron chi connectivity index (χ1n) is 7.92. The molecule has 0 bridgehead atoms. The van der Waals surface area contributed by atoms with Crippen molar-refractivity contribution in [2.45, 2.75) is 20.4 Å². The van der Waals surface area contributed by atoms with E-state index in [2.05, 4.69) is 25.5 Å². The lowest BCUT2D eigenvalue weighted by Gasteiger charge is -2.16. The van der Waals surface area contributed by atoms with E-state index in [1.54, 1.807) is 30.1 Å². The summed E-state index contributed by atoms with van der Waals surface area (Å²) in [5.41, 5.74) is 2.73. The average Bonchev–Trinajstić information content (AvgIpc) is 2.86. The lowest BCUT2D eigenvalue weighted by molar-refractivity contribution is -0.117. The molecule has 1 amide bonds. The van der Waals surface area contributed by atoms with Crippen molar-refractivity contribution >= 4 is 22.5 Å². The smallest absolute Gasteiger partial charge is 0.258 e. The van der Waals surface area contributed by atoms with Crippen LogP contribution in [0, 0.1) is 13.8 Å². The van der Waals surface area contributed by atoms with E-state index in [1.165, 1.54) is 0 Å². The Balaban J connectivity index is 1.67. The van der Waals surface area contributed by atoms with Crippen molar-refractivity contribution < 1.29 is 4.79 Å². The minimum absolute atomic E-state index is 0.154. The van der Waals surface area contributed by atoms with Crippen LogP contribution in [0.1, 0.15) is 17.2 Å². The monoisotopic (exact) mass is 340 g/mol. The number of anilines is 1. The Hall–Kier alpha value is -3.00. The van der Waals surface area contributed by atoms with Crippen LogP contribution in [0.3, 0.4) is 0 Å². The van der Waals surface area contributed by atoms with Gasteiger partial charge in [0.1, 0.15) is 5.82 Å². The van der Waals surface area contributed by atoms with Crippen LogP contribution in [-0.2, 0) is 11.3 Å². The highest BCUT2D eigenvalue weighted by atomic mass is 16.2. The average molecular weight is 340 g/mol. The van der Waals surface area contributed by atoms with Gasteiger partial charge < -0.3 is 10.3 Å². The van der Waals surface area contributed by atoms with Gasteiger partial charge in [0, 0.05) is 0 Å². The Morgan fingerprint density at radius 1 is 1.28 bits per heavy atom. The van der Waals surface area contributed by atoms with E-state index in [0.29, 0.717) is 29.0 Å². The first-order chi connectivity index (χ1) is 11.9. The largest absolute Gasteiger partial charge is 0.322 e. The summed E-state index contributed by atoms with van der Waals surface area (Å²) in [6.07, 6.45) is 0. The molecule has 0 aliphatic heterocycles. The van der Waals surface area contributed by atoms with Gasteiger partial charge in [0.2, 0.25) is 5.91 Å². The SMILES string of the molecule is Cc1n[nH]c(C)c1NC(=O)CN(C)Cc1nc2ccccc2c(=O)[nH]1. The van der Waals surface area contributed by atoms with Crippen molar-refractivity contribution in [1.29, 1.82) is 0 Å². The molecular weight excluding hydrogens is 320 g/mol. The first-order valence-corrected chi connectivity index (χ1v) is 7.92. The second-order valence-electron chi connectivity index (χ2n) is 6.06. The number of hydrogen-bond donors (Lipinski definition) is 3. The Morgan fingerprint density at radius 2 is 2.04 bits per heavy atom. The van der Waals surface area contributed by atoms with Crippen molar-refractivity contribution in [1.82, 2.24) is 25.1 Å². The van der Waals surface area contributed by atoms with Gasteiger partial charge in [-0.3, -0.25) is 19.6 Å². The maximum Gasteiger partial charge on any atom is 0.258 e. The van der Waals surface area contributed by atoms with Gasteiger partial charge in [-0.1, -0.05) is 12.1 Å². The van der Waals surface area contributed by atoms with E-state index >= 15 is 0 Å². The van der Waals surface area contributed by atoms with Gasteiger partial charge in [-0.25, -0.2) is 4.98 Å². The summed E-state index contributed by atoms with van der Waals surface area (Å²) < 4.78 is 0. The maximum atomic E-state index is 12.2. The quantitative estimate of drug-likeness (QED) is 0.650. The zero-order valence-electron chi connectivity index (χ0n) is 14.4. The number of para-hydroxylation sites is 1. The number of hydrogen-bond acceptors (Lipinski definition) is 5. The highest BCUT2D eigenvalue weighted by Crippen LogP contribution is 2.15. The number of aromatic nitrogens is 4. The van der Waals surface area contributed by atoms with Crippen LogP contribution in [0.25, 0.3) is 10.9 Å². The molecule has 8 heteroatoms. The summed E-state index contributed by atoms with van der Waals surface area (Å²) >= 11 is 0. The van der Waals surface area contributed by atoms with Crippen LogP contribution in [0.2, 0.25) is 0 Å². The number of nitrogens with one attached hydrogen (secondary N) is 3. The van der Waals surface area contributed by atoms with Crippen LogP contribution >= 0.6 is 0 Å². The number of H-pyrrole nitrogens is 2. The van der Waals surface area contributed by atoms with Crippen LogP contribution in [-0.4, -0.2) is 44.6 Å². The third-order valence-corrected chi connectivity index (χ3v) is 3.89. The lowest BCUT2D eigenvalue weighted by Crippen LogP contribution is -2.31. The van der Waals surface area contributed by atoms with Gasteiger partial charge in [-0.15, -0.1) is 0 Å². The van der Waals surface area contributed by atoms with Crippen molar-refractivity contribution in [3.63, 3.8) is 0 Å². The molecule has 0 fully saturated rings. The second kappa shape index (κ2) is 6.86. The van der Waals surface area contributed by atoms with Gasteiger partial charge >= 0.3 is 0 Å².